The van der Waals surface area contributed by atoms with Crippen molar-refractivity contribution in [1.29, 1.82) is 0 Å². The van der Waals surface area contributed by atoms with Gasteiger partial charge in [0.1, 0.15) is 91.9 Å². The number of carbonyl (C=O) groups excluding carboxylic acids is 6. The molecule has 0 spiro atoms. The molecule has 4 aliphatic carbocycles. The van der Waals surface area contributed by atoms with Crippen LogP contribution in [0.5, 0.6) is 0 Å². The number of nitrogens with zero attached hydrogens (tertiary/aromatic N) is 3. The third-order valence-corrected chi connectivity index (χ3v) is 23.2. The van der Waals surface area contributed by atoms with Gasteiger partial charge in [0.2, 0.25) is 29.5 Å². The average Bonchev–Trinajstić information content (AvgIpc) is 0.993. The van der Waals surface area contributed by atoms with Gasteiger partial charge in [-0.15, -0.1) is 5.10 Å². The first-order chi connectivity index (χ1) is 53.4. The maximum atomic E-state index is 14.2. The Kier molecular flexibility index (Phi) is 34.0. The van der Waals surface area contributed by atoms with Crippen molar-refractivity contribution in [3.05, 3.63) is 11.9 Å². The second kappa shape index (κ2) is 42.3. The van der Waals surface area contributed by atoms with Crippen LogP contribution in [0.2, 0.25) is 0 Å². The van der Waals surface area contributed by atoms with Crippen LogP contribution in [-0.2, 0) is 87.5 Å². The molecule has 6 amide bonds. The molecule has 30 atom stereocenters. The normalized spacial score (nSPS) is 37.5. The van der Waals surface area contributed by atoms with Gasteiger partial charge in [0.05, 0.1) is 56.0 Å². The summed E-state index contributed by atoms with van der Waals surface area (Å²) < 4.78 is 63.8. The van der Waals surface area contributed by atoms with Crippen LogP contribution >= 0.6 is 0 Å². The number of hydrogen-bond acceptors (Lipinski definition) is 30. The van der Waals surface area contributed by atoms with Crippen molar-refractivity contribution < 1.29 is 147 Å². The van der Waals surface area contributed by atoms with Crippen molar-refractivity contribution in [2.45, 2.75) is 323 Å². The number of aromatic nitrogens is 3. The molecule has 4 saturated heterocycles. The molecule has 4 aliphatic heterocycles. The highest BCUT2D eigenvalue weighted by atomic mass is 16.7. The standard InChI is InChI=1S/C73H119N9O30/c1-7-39-25-41(27-44(61(39)111-72-59(94)57(92)53(88)33(3)103-72)107-70-51(78-35(5)85)63(55(90)48(31-83)109-70)105-46(68(99)100)23-37-15-11-9-12-16-37)65(96)75-20-19-74-50(87)30-82-29-43(80-81-82)67(98)77-22-21-76-66(97)42-26-40(8-2)62(112-73-60(95)58(93)54(89)34(4)104-73)45(28-42)108-71-52(79-36(6)86)64(56(91)49(32-84)110-71)106-47(69(101)102)24-38-17-13-10-14-18-38/h29,33-34,37-42,44-49,51-64,70-73,83-84,88-95H,7-28,30-32H2,1-6H3,(H,74,87)(H,75,96)(H,76,97)(H,77,98)(H,78,85)(H,79,86)(H,99,100)(H,101,102)/t33-,34-,39-,40-,41+,42+,44+,45+,46-,47-,48+,49+,51+,52+,53+,54+,55-,56-,57+,58+,59-,60-,61+,62+,63+,64+,70+,71+,72-,73-/m0/s1. The predicted molar refractivity (Wildman–Crippen MR) is 382 cm³/mol. The summed E-state index contributed by atoms with van der Waals surface area (Å²) in [5.41, 5.74) is -0.190. The molecule has 8 aliphatic rings. The van der Waals surface area contributed by atoms with Crippen molar-refractivity contribution in [1.82, 2.24) is 46.9 Å². The molecule has 0 radical (unpaired) electrons. The highest BCUT2D eigenvalue weighted by molar-refractivity contribution is 5.92. The number of nitrogens with one attached hydrogen (secondary N) is 6. The molecule has 1 aromatic heterocycles. The zero-order valence-electron chi connectivity index (χ0n) is 64.3. The van der Waals surface area contributed by atoms with E-state index in [-0.39, 0.29) is 82.2 Å². The number of aliphatic hydroxyl groups excluding tert-OH is 10. The minimum Gasteiger partial charge on any atom is -0.479 e. The molecule has 8 fully saturated rings. The Morgan fingerprint density at radius 2 is 0.902 bits per heavy atom. The van der Waals surface area contributed by atoms with E-state index in [0.717, 1.165) is 68.9 Å². The Labute approximate surface area is 648 Å². The van der Waals surface area contributed by atoms with Gasteiger partial charge in [0.25, 0.3) is 5.91 Å². The number of aliphatic carboxylic acids is 2. The topological polar surface area (TPSA) is 575 Å². The van der Waals surface area contributed by atoms with Crippen LogP contribution in [0.4, 0.5) is 0 Å². The molecule has 0 aromatic carbocycles. The lowest BCUT2D eigenvalue weighted by molar-refractivity contribution is -0.338. The smallest absolute Gasteiger partial charge is 0.332 e. The highest BCUT2D eigenvalue weighted by Gasteiger charge is 2.56. The van der Waals surface area contributed by atoms with Crippen molar-refractivity contribution >= 4 is 47.4 Å². The summed E-state index contributed by atoms with van der Waals surface area (Å²) in [6.45, 7) is 6.48. The second-order valence-corrected chi connectivity index (χ2v) is 31.3. The molecular formula is C73H119N9O30. The highest BCUT2D eigenvalue weighted by Crippen LogP contribution is 2.43. The summed E-state index contributed by atoms with van der Waals surface area (Å²) in [6.07, 6.45) is -23.9. The van der Waals surface area contributed by atoms with Crippen LogP contribution in [0.1, 0.15) is 168 Å². The summed E-state index contributed by atoms with van der Waals surface area (Å²) >= 11 is 0. The van der Waals surface area contributed by atoms with Crippen LogP contribution in [0, 0.1) is 35.5 Å². The maximum Gasteiger partial charge on any atom is 0.332 e. The largest absolute Gasteiger partial charge is 0.479 e. The zero-order chi connectivity index (χ0) is 81.4. The van der Waals surface area contributed by atoms with E-state index in [9.17, 15) is 99.6 Å². The van der Waals surface area contributed by atoms with E-state index in [1.807, 2.05) is 13.8 Å². The molecule has 0 bridgehead atoms. The fraction of sp³-hybridized carbons (Fsp3) is 0.863. The summed E-state index contributed by atoms with van der Waals surface area (Å²) in [5, 5.41) is 154. The van der Waals surface area contributed by atoms with Crippen molar-refractivity contribution in [3.63, 3.8) is 0 Å². The molecule has 4 saturated carbocycles. The van der Waals surface area contributed by atoms with Gasteiger partial charge in [-0.05, 0) is 76.0 Å². The number of ether oxygens (including phenoxy) is 10. The van der Waals surface area contributed by atoms with E-state index < -0.39 is 250 Å². The van der Waals surface area contributed by atoms with E-state index in [1.165, 1.54) is 33.9 Å². The first-order valence-corrected chi connectivity index (χ1v) is 39.6. The van der Waals surface area contributed by atoms with Crippen molar-refractivity contribution in [3.8, 4) is 0 Å². The number of rotatable bonds is 35. The van der Waals surface area contributed by atoms with Gasteiger partial charge in [-0.25, -0.2) is 14.3 Å². The molecule has 9 rings (SSSR count). The Morgan fingerprint density at radius 3 is 1.29 bits per heavy atom. The molecule has 0 unspecified atom stereocenters. The molecule has 5 heterocycles. The summed E-state index contributed by atoms with van der Waals surface area (Å²) in [4.78, 5) is 107. The van der Waals surface area contributed by atoms with Gasteiger partial charge in [0, 0.05) is 51.9 Å². The Morgan fingerprint density at radius 1 is 0.500 bits per heavy atom. The van der Waals surface area contributed by atoms with E-state index >= 15 is 0 Å². The van der Waals surface area contributed by atoms with Gasteiger partial charge in [-0.1, -0.05) is 96.1 Å². The quantitative estimate of drug-likeness (QED) is 0.0290. The van der Waals surface area contributed by atoms with Crippen LogP contribution in [0.15, 0.2) is 6.20 Å². The van der Waals surface area contributed by atoms with Gasteiger partial charge >= 0.3 is 11.9 Å². The van der Waals surface area contributed by atoms with Crippen LogP contribution < -0.4 is 31.9 Å². The fourth-order valence-corrected chi connectivity index (χ4v) is 17.0. The molecule has 112 heavy (non-hydrogen) atoms. The Hall–Kier alpha value is -5.90. The van der Waals surface area contributed by atoms with E-state index in [4.69, 9.17) is 47.4 Å². The molecular weight excluding hydrogens is 1480 g/mol. The number of aliphatic hydroxyl groups is 10. The summed E-state index contributed by atoms with van der Waals surface area (Å²) in [5.74, 6) is -9.00. The van der Waals surface area contributed by atoms with Gasteiger partial charge in [-0.3, -0.25) is 28.8 Å². The first-order valence-electron chi connectivity index (χ1n) is 39.6. The number of amides is 6. The van der Waals surface area contributed by atoms with E-state index in [1.54, 1.807) is 0 Å². The molecule has 39 nitrogen and oxygen atoms in total. The lowest BCUT2D eigenvalue weighted by atomic mass is 9.75. The lowest BCUT2D eigenvalue weighted by Gasteiger charge is -2.49. The minimum absolute atomic E-state index is 0.00760. The van der Waals surface area contributed by atoms with Crippen LogP contribution in [0.3, 0.4) is 0 Å². The van der Waals surface area contributed by atoms with E-state index in [0.29, 0.717) is 12.8 Å². The van der Waals surface area contributed by atoms with Gasteiger partial charge in [0.15, 0.2) is 43.1 Å². The van der Waals surface area contributed by atoms with Crippen LogP contribution in [-0.4, -0.2) is 322 Å². The number of carboxylic acids is 2. The van der Waals surface area contributed by atoms with Gasteiger partial charge < -0.3 is 141 Å². The number of hydrogen-bond donors (Lipinski definition) is 18. The Bertz CT molecular complexity index is 3210. The second-order valence-electron chi connectivity index (χ2n) is 31.3. The number of carbonyl (C=O) groups is 8. The molecule has 18 N–H and O–H groups in total. The summed E-state index contributed by atoms with van der Waals surface area (Å²) in [7, 11) is 0. The van der Waals surface area contributed by atoms with Crippen LogP contribution in [0.25, 0.3) is 0 Å². The average molecular weight is 1600 g/mol. The predicted octanol–water partition coefficient (Wildman–Crippen LogP) is -3.79. The lowest BCUT2D eigenvalue weighted by Crippen LogP contribution is -2.67. The first kappa shape index (κ1) is 90.0. The van der Waals surface area contributed by atoms with Gasteiger partial charge in [-0.2, -0.15) is 0 Å². The monoisotopic (exact) mass is 1600 g/mol. The van der Waals surface area contributed by atoms with E-state index in [2.05, 4.69) is 42.2 Å². The third kappa shape index (κ3) is 23.5. The Balaban J connectivity index is 0.798. The van der Waals surface area contributed by atoms with Crippen molar-refractivity contribution in [2.75, 3.05) is 39.4 Å². The zero-order valence-corrected chi connectivity index (χ0v) is 64.3. The number of carboxylic acid groups (broad SMARTS) is 2. The fourth-order valence-electron chi connectivity index (χ4n) is 17.0. The molecule has 1 aromatic rings. The minimum atomic E-state index is -1.76. The molecule has 39 heteroatoms. The molecule has 636 valence electrons. The SMILES string of the molecule is CC[C@H]1C[C@@H](C(=O)NCCNC(=O)Cn2cc(C(=O)NCCNC(=O)[C@@H]3C[C@H](CC)[C@@H](O[C@@H]4O[C@@H](C)[C@@H](O)[C@@H](O)[C@@H]4O)[C@H](O[C@@H]4O[C@H](CO)[C@H](O)[C@H](O[C@@H](CC5CCCCC5)C(=O)O)[C@H]4NC(C)=O)C3)nn2)C[C@@H](O[C@@H]2O[C@H](CO)[C@H](O)[C@H](O[C@@H](CC3CCCCC3)C(=O)O)[C@H]2NC(C)=O)[C@@H]1O[C@@H]1O[C@@H](C)[C@@H](O)[C@@H](O)[C@@H]1O. The maximum absolute atomic E-state index is 14.2. The van der Waals surface area contributed by atoms with Crippen molar-refractivity contribution in [2.24, 2.45) is 35.5 Å². The third-order valence-electron chi connectivity index (χ3n) is 23.2. The summed E-state index contributed by atoms with van der Waals surface area (Å²) in [6, 6.07) is -2.83.